The molecule has 0 radical (unpaired) electrons. The lowest BCUT2D eigenvalue weighted by molar-refractivity contribution is -0.315. The van der Waals surface area contributed by atoms with Crippen molar-refractivity contribution in [3.63, 3.8) is 0 Å². The largest absolute Gasteiger partial charge is 0.431 e. The molecule has 0 spiro atoms. The monoisotopic (exact) mass is 468 g/mol. The normalized spacial score (nSPS) is 13.2. The zero-order chi connectivity index (χ0) is 22.3. The first-order valence-electron chi connectivity index (χ1n) is 8.01. The Labute approximate surface area is 168 Å². The summed E-state index contributed by atoms with van der Waals surface area (Å²) in [5.41, 5.74) is -1.92. The van der Waals surface area contributed by atoms with E-state index in [0.29, 0.717) is 5.69 Å². The second-order valence-electron chi connectivity index (χ2n) is 5.26. The highest BCUT2D eigenvalue weighted by atomic mass is 32.1. The van der Waals surface area contributed by atoms with Crippen molar-refractivity contribution in [2.24, 2.45) is 0 Å². The third kappa shape index (κ3) is 6.79. The van der Waals surface area contributed by atoms with E-state index in [1.165, 1.54) is 26.0 Å². The van der Waals surface area contributed by atoms with E-state index in [4.69, 9.17) is 12.2 Å². The van der Waals surface area contributed by atoms with E-state index >= 15 is 0 Å². The Balaban J connectivity index is 3.19. The molecule has 0 atom stereocenters. The first kappa shape index (κ1) is 25.6. The van der Waals surface area contributed by atoms with Gasteiger partial charge in [-0.25, -0.2) is 4.57 Å². The van der Waals surface area contributed by atoms with E-state index < -0.39 is 44.1 Å². The maximum Gasteiger partial charge on any atom is 0.431 e. The molecule has 0 amide bonds. The molecular weight excluding hydrogens is 449 g/mol. The maximum absolute atomic E-state index is 13.6. The molecule has 0 saturated heterocycles. The minimum atomic E-state index is -6.04. The van der Waals surface area contributed by atoms with Crippen molar-refractivity contribution in [2.75, 3.05) is 18.5 Å². The summed E-state index contributed by atoms with van der Waals surface area (Å²) in [6.07, 6.45) is -12.1. The second kappa shape index (κ2) is 10.0. The van der Waals surface area contributed by atoms with Crippen LogP contribution in [0.15, 0.2) is 30.3 Å². The predicted molar refractivity (Wildman–Crippen MR) is 97.8 cm³/mol. The van der Waals surface area contributed by atoms with Crippen LogP contribution in [0.3, 0.4) is 0 Å². The number of hydrogen-bond donors (Lipinski definition) is 4. The number of rotatable bonds is 9. The average molecular weight is 468 g/mol. The highest BCUT2D eigenvalue weighted by molar-refractivity contribution is 7.80. The van der Waals surface area contributed by atoms with Crippen molar-refractivity contribution >= 4 is 30.8 Å². The molecule has 15 heteroatoms. The number of benzene rings is 1. The van der Waals surface area contributed by atoms with Gasteiger partial charge in [0.2, 0.25) is 0 Å². The lowest BCUT2D eigenvalue weighted by Crippen LogP contribution is -2.76. The van der Waals surface area contributed by atoms with Crippen LogP contribution in [0.2, 0.25) is 0 Å². The third-order valence-corrected chi connectivity index (χ3v) is 5.16. The summed E-state index contributed by atoms with van der Waals surface area (Å²) in [6, 6.07) is 7.73. The number of halogens is 6. The van der Waals surface area contributed by atoms with E-state index in [0.717, 1.165) is 10.5 Å². The lowest BCUT2D eigenvalue weighted by Gasteiger charge is -2.40. The van der Waals surface area contributed by atoms with Crippen LogP contribution in [0.4, 0.5) is 32.0 Å². The molecule has 1 rings (SSSR count). The van der Waals surface area contributed by atoms with Gasteiger partial charge in [-0.05, 0) is 38.2 Å². The van der Waals surface area contributed by atoms with Crippen molar-refractivity contribution in [1.29, 1.82) is 0 Å². The van der Waals surface area contributed by atoms with Crippen molar-refractivity contribution in [3.05, 3.63) is 30.3 Å². The fraction of sp³-hybridized carbons (Fsp3) is 0.500. The Morgan fingerprint density at radius 2 is 1.48 bits per heavy atom. The van der Waals surface area contributed by atoms with Crippen LogP contribution in [0.5, 0.6) is 0 Å². The van der Waals surface area contributed by atoms with E-state index in [-0.39, 0.29) is 0 Å². The van der Waals surface area contributed by atoms with Crippen molar-refractivity contribution in [1.82, 2.24) is 15.9 Å². The highest BCUT2D eigenvalue weighted by Crippen LogP contribution is 2.52. The van der Waals surface area contributed by atoms with Gasteiger partial charge in [0, 0.05) is 5.69 Å². The molecule has 0 unspecified atom stereocenters. The number of anilines is 1. The molecule has 0 bridgehead atoms. The Hall–Kier alpha value is -1.44. The Kier molecular flexibility index (Phi) is 8.87. The van der Waals surface area contributed by atoms with Gasteiger partial charge in [-0.15, -0.1) is 0 Å². The molecule has 1 aromatic carbocycles. The number of hydrazine groups is 1. The van der Waals surface area contributed by atoms with Crippen LogP contribution >= 0.6 is 20.0 Å². The first-order chi connectivity index (χ1) is 13.3. The lowest BCUT2D eigenvalue weighted by atomic mass is 10.2. The molecule has 0 aliphatic heterocycles. The zero-order valence-corrected chi connectivity index (χ0v) is 16.9. The smallest absolute Gasteiger partial charge is 0.332 e. The van der Waals surface area contributed by atoms with Crippen molar-refractivity contribution in [3.8, 4) is 0 Å². The molecule has 0 aromatic heterocycles. The summed E-state index contributed by atoms with van der Waals surface area (Å²) in [5.74, 6) is 0. The van der Waals surface area contributed by atoms with Crippen LogP contribution in [-0.2, 0) is 13.6 Å². The summed E-state index contributed by atoms with van der Waals surface area (Å²) in [7, 11) is -5.02. The van der Waals surface area contributed by atoms with Gasteiger partial charge in [-0.2, -0.15) is 36.9 Å². The zero-order valence-electron chi connectivity index (χ0n) is 15.1. The van der Waals surface area contributed by atoms with Crippen molar-refractivity contribution in [2.45, 2.75) is 31.9 Å². The van der Waals surface area contributed by atoms with Crippen molar-refractivity contribution < 1.29 is 40.0 Å². The molecule has 0 fully saturated rings. The summed E-state index contributed by atoms with van der Waals surface area (Å²) >= 11 is 4.71. The number of hydrogen-bond acceptors (Lipinski definition) is 5. The fourth-order valence-electron chi connectivity index (χ4n) is 1.94. The van der Waals surface area contributed by atoms with Gasteiger partial charge in [-0.3, -0.25) is 14.5 Å². The van der Waals surface area contributed by atoms with Gasteiger partial charge < -0.3 is 5.32 Å². The molecule has 4 N–H and O–H groups in total. The molecule has 0 aliphatic rings. The van der Waals surface area contributed by atoms with Crippen LogP contribution in [0.25, 0.3) is 0 Å². The van der Waals surface area contributed by atoms with Gasteiger partial charge in [-0.1, -0.05) is 18.2 Å². The van der Waals surface area contributed by atoms with E-state index in [2.05, 4.69) is 14.4 Å². The Morgan fingerprint density at radius 3 is 1.90 bits per heavy atom. The summed E-state index contributed by atoms with van der Waals surface area (Å²) in [6.45, 7) is 1.50. The Bertz CT molecular complexity index is 696. The fourth-order valence-corrected chi connectivity index (χ4v) is 3.71. The number of alkyl halides is 6. The number of nitrogens with one attached hydrogen (secondary N) is 4. The van der Waals surface area contributed by atoms with Crippen LogP contribution < -0.4 is 21.3 Å². The first-order valence-corrected chi connectivity index (χ1v) is 9.96. The van der Waals surface area contributed by atoms with E-state index in [1.54, 1.807) is 23.6 Å². The minimum Gasteiger partial charge on any atom is -0.332 e. The van der Waals surface area contributed by atoms with Gasteiger partial charge in [0.15, 0.2) is 5.11 Å². The predicted octanol–water partition coefficient (Wildman–Crippen LogP) is 4.07. The van der Waals surface area contributed by atoms with Gasteiger partial charge in [0.25, 0.3) is 5.66 Å². The number of thiocarbonyl (C=S) groups is 1. The molecule has 0 aliphatic carbocycles. The second-order valence-corrected chi connectivity index (χ2v) is 7.40. The molecular formula is C14H19F6N4O3PS. The van der Waals surface area contributed by atoms with Crippen LogP contribution in [0, 0.1) is 0 Å². The topological polar surface area (TPSA) is 83.7 Å². The van der Waals surface area contributed by atoms with Gasteiger partial charge in [0.1, 0.15) is 0 Å². The molecule has 0 saturated carbocycles. The van der Waals surface area contributed by atoms with Crippen LogP contribution in [0.1, 0.15) is 13.8 Å². The molecule has 1 aromatic rings. The summed E-state index contributed by atoms with van der Waals surface area (Å²) < 4.78 is 103. The SMILES string of the molecule is CCOP(=O)(NC(NNC(=S)Nc1ccccc1)(C(F)(F)F)C(F)(F)F)OCC. The molecule has 29 heavy (non-hydrogen) atoms. The maximum atomic E-state index is 13.6. The molecule has 0 heterocycles. The quantitative estimate of drug-likeness (QED) is 0.142. The average Bonchev–Trinajstić information content (AvgIpc) is 2.58. The molecule has 166 valence electrons. The minimum absolute atomic E-state index is 0.304. The Morgan fingerprint density at radius 1 is 1.00 bits per heavy atom. The third-order valence-electron chi connectivity index (χ3n) is 3.15. The van der Waals surface area contributed by atoms with Gasteiger partial charge >= 0.3 is 20.1 Å². The summed E-state index contributed by atoms with van der Waals surface area (Å²) in [4.78, 5) is 0. The standard InChI is InChI=1S/C14H19F6N4O3PS/c1-3-26-28(25,27-4-2)24-12(13(15,16)17,14(18,19)20)23-22-11(29)21-10-8-6-5-7-9-10/h5-9,23H,3-4H2,1-2H3,(H,24,25)(H2,21,22,29). The van der Waals surface area contributed by atoms with Crippen LogP contribution in [-0.4, -0.2) is 36.3 Å². The highest BCUT2D eigenvalue weighted by Gasteiger charge is 2.74. The molecule has 7 nitrogen and oxygen atoms in total. The van der Waals surface area contributed by atoms with E-state index in [1.807, 2.05) is 0 Å². The summed E-state index contributed by atoms with van der Waals surface area (Å²) in [5, 5.41) is 2.73. The van der Waals surface area contributed by atoms with E-state index in [9.17, 15) is 30.9 Å². The van der Waals surface area contributed by atoms with Gasteiger partial charge in [0.05, 0.1) is 13.2 Å². The number of para-hydroxylation sites is 1.